The smallest absolute Gasteiger partial charge is 0.200 e. The molecule has 1 heterocycles. The summed E-state index contributed by atoms with van der Waals surface area (Å²) in [6.07, 6.45) is 3.00. The van der Waals surface area contributed by atoms with Gasteiger partial charge in [-0.25, -0.2) is 4.99 Å². The van der Waals surface area contributed by atoms with Gasteiger partial charge < -0.3 is 9.64 Å². The number of aliphatic imine (C=N–C) groups is 1. The molecular weight excluding hydrogens is 330 g/mol. The first kappa shape index (κ1) is 19.4. The van der Waals surface area contributed by atoms with Crippen molar-refractivity contribution in [3.8, 4) is 10.8 Å². The molecule has 0 N–H and O–H groups in total. The molecule has 25 heavy (non-hydrogen) atoms. The molecule has 0 spiro atoms. The zero-order chi connectivity index (χ0) is 18.6. The molecule has 5 heteroatoms. The Morgan fingerprint density at radius 1 is 1.20 bits per heavy atom. The van der Waals surface area contributed by atoms with E-state index in [-0.39, 0.29) is 5.41 Å². The lowest BCUT2D eigenvalue weighted by Gasteiger charge is -2.14. The van der Waals surface area contributed by atoms with Crippen LogP contribution in [0.1, 0.15) is 50.9 Å². The van der Waals surface area contributed by atoms with Crippen molar-refractivity contribution in [1.29, 1.82) is 0 Å². The molecule has 136 valence electrons. The van der Waals surface area contributed by atoms with Crippen LogP contribution in [0, 0.1) is 13.8 Å². The van der Waals surface area contributed by atoms with Gasteiger partial charge in [0.2, 0.25) is 0 Å². The highest BCUT2D eigenvalue weighted by Crippen LogP contribution is 2.35. The van der Waals surface area contributed by atoms with E-state index in [2.05, 4.69) is 67.9 Å². The first-order chi connectivity index (χ1) is 11.7. The fourth-order valence-corrected chi connectivity index (χ4v) is 3.17. The summed E-state index contributed by atoms with van der Waals surface area (Å²) in [5.41, 5.74) is 4.24. The quantitative estimate of drug-likeness (QED) is 0.479. The van der Waals surface area contributed by atoms with E-state index in [1.807, 2.05) is 19.5 Å². The molecule has 0 unspecified atom stereocenters. The second-order valence-electron chi connectivity index (χ2n) is 7.51. The Labute approximate surface area is 155 Å². The molecule has 0 saturated heterocycles. The largest absolute Gasteiger partial charge is 0.445 e. The zero-order valence-electron chi connectivity index (χ0n) is 16.4. The predicted octanol–water partition coefficient (Wildman–Crippen LogP) is 5.85. The standard InChI is InChI=1S/C20H29N3OS/c1-8-9-23(7)13-21-16-10-15(3)17(11-14(16)2)24-19-12-18(22-25-19)20(4,5)6/h10-13H,8-9H2,1-7H3/b21-13-. The van der Waals surface area contributed by atoms with E-state index >= 15 is 0 Å². The summed E-state index contributed by atoms with van der Waals surface area (Å²) in [6, 6.07) is 6.16. The monoisotopic (exact) mass is 359 g/mol. The third kappa shape index (κ3) is 5.30. The maximum absolute atomic E-state index is 6.08. The van der Waals surface area contributed by atoms with Crippen LogP contribution in [0.4, 0.5) is 5.69 Å². The maximum atomic E-state index is 6.08. The molecule has 0 aliphatic rings. The second-order valence-corrected chi connectivity index (χ2v) is 8.28. The van der Waals surface area contributed by atoms with E-state index in [1.165, 1.54) is 11.5 Å². The van der Waals surface area contributed by atoms with E-state index in [1.54, 1.807) is 0 Å². The van der Waals surface area contributed by atoms with Crippen molar-refractivity contribution >= 4 is 23.6 Å². The van der Waals surface area contributed by atoms with Crippen molar-refractivity contribution in [1.82, 2.24) is 9.27 Å². The minimum absolute atomic E-state index is 0.0339. The van der Waals surface area contributed by atoms with Crippen LogP contribution in [0.5, 0.6) is 10.8 Å². The van der Waals surface area contributed by atoms with Crippen LogP contribution in [-0.4, -0.2) is 29.2 Å². The average molecular weight is 360 g/mol. The van der Waals surface area contributed by atoms with Gasteiger partial charge in [-0.15, -0.1) is 0 Å². The molecule has 0 aliphatic heterocycles. The maximum Gasteiger partial charge on any atom is 0.200 e. The Balaban J connectivity index is 2.18. The molecule has 0 aliphatic carbocycles. The highest BCUT2D eigenvalue weighted by atomic mass is 32.1. The lowest BCUT2D eigenvalue weighted by atomic mass is 9.93. The minimum Gasteiger partial charge on any atom is -0.445 e. The van der Waals surface area contributed by atoms with Crippen LogP contribution < -0.4 is 4.74 Å². The normalized spacial score (nSPS) is 12.0. The van der Waals surface area contributed by atoms with Crippen molar-refractivity contribution in [2.75, 3.05) is 13.6 Å². The summed E-state index contributed by atoms with van der Waals surface area (Å²) >= 11 is 1.40. The Bertz CT molecular complexity index is 744. The van der Waals surface area contributed by atoms with Gasteiger partial charge in [0, 0.05) is 36.6 Å². The van der Waals surface area contributed by atoms with Crippen molar-refractivity contribution in [3.63, 3.8) is 0 Å². The van der Waals surface area contributed by atoms with Crippen LogP contribution in [0.2, 0.25) is 0 Å². The summed E-state index contributed by atoms with van der Waals surface area (Å²) in [5.74, 6) is 0.863. The SMILES string of the molecule is CCCN(C)/C=N\c1cc(C)c(Oc2cc(C(C)(C)C)ns2)cc1C. The van der Waals surface area contributed by atoms with Gasteiger partial charge in [-0.05, 0) is 43.5 Å². The van der Waals surface area contributed by atoms with Crippen molar-refractivity contribution < 1.29 is 4.74 Å². The third-order valence-electron chi connectivity index (χ3n) is 3.93. The van der Waals surface area contributed by atoms with Crippen LogP contribution in [-0.2, 0) is 5.41 Å². The molecular formula is C20H29N3OS. The lowest BCUT2D eigenvalue weighted by Crippen LogP contribution is -2.16. The molecule has 0 atom stereocenters. The Kier molecular flexibility index (Phi) is 6.22. The third-order valence-corrected chi connectivity index (χ3v) is 4.60. The second kappa shape index (κ2) is 8.00. The summed E-state index contributed by atoms with van der Waals surface area (Å²) in [5, 5.41) is 0.825. The van der Waals surface area contributed by atoms with Gasteiger partial charge >= 0.3 is 0 Å². The van der Waals surface area contributed by atoms with Gasteiger partial charge in [0.25, 0.3) is 0 Å². The molecule has 2 aromatic rings. The van der Waals surface area contributed by atoms with Gasteiger partial charge in [0.15, 0.2) is 5.06 Å². The van der Waals surface area contributed by atoms with Gasteiger partial charge in [-0.2, -0.15) is 4.37 Å². The van der Waals surface area contributed by atoms with E-state index in [4.69, 9.17) is 4.74 Å². The highest BCUT2D eigenvalue weighted by molar-refractivity contribution is 7.07. The molecule has 1 aromatic heterocycles. The van der Waals surface area contributed by atoms with E-state index in [0.29, 0.717) is 0 Å². The van der Waals surface area contributed by atoms with Gasteiger partial charge in [-0.3, -0.25) is 0 Å². The van der Waals surface area contributed by atoms with E-state index in [0.717, 1.165) is 46.3 Å². The number of benzene rings is 1. The van der Waals surface area contributed by atoms with Gasteiger partial charge in [0.1, 0.15) is 5.75 Å². The van der Waals surface area contributed by atoms with Crippen molar-refractivity contribution in [2.24, 2.45) is 4.99 Å². The van der Waals surface area contributed by atoms with Crippen LogP contribution in [0.3, 0.4) is 0 Å². The van der Waals surface area contributed by atoms with Crippen molar-refractivity contribution in [3.05, 3.63) is 35.0 Å². The number of hydrogen-bond donors (Lipinski definition) is 0. The topological polar surface area (TPSA) is 37.7 Å². The number of aromatic nitrogens is 1. The molecule has 0 fully saturated rings. The van der Waals surface area contributed by atoms with Crippen LogP contribution >= 0.6 is 11.5 Å². The molecule has 0 radical (unpaired) electrons. The van der Waals surface area contributed by atoms with Crippen LogP contribution in [0.25, 0.3) is 0 Å². The Morgan fingerprint density at radius 2 is 1.92 bits per heavy atom. The fourth-order valence-electron chi connectivity index (χ4n) is 2.36. The molecule has 1 aromatic carbocycles. The number of hydrogen-bond acceptors (Lipinski definition) is 4. The average Bonchev–Trinajstić information content (AvgIpc) is 2.98. The van der Waals surface area contributed by atoms with Gasteiger partial charge in [0.05, 0.1) is 17.7 Å². The Hall–Kier alpha value is -1.88. The fraction of sp³-hybridized carbons (Fsp3) is 0.500. The number of ether oxygens (including phenoxy) is 1. The van der Waals surface area contributed by atoms with E-state index in [9.17, 15) is 0 Å². The summed E-state index contributed by atoms with van der Waals surface area (Å²) in [7, 11) is 2.04. The summed E-state index contributed by atoms with van der Waals surface area (Å²) in [6.45, 7) is 13.7. The van der Waals surface area contributed by atoms with Gasteiger partial charge in [-0.1, -0.05) is 27.7 Å². The van der Waals surface area contributed by atoms with Crippen LogP contribution in [0.15, 0.2) is 23.2 Å². The highest BCUT2D eigenvalue weighted by Gasteiger charge is 2.18. The molecule has 2 rings (SSSR count). The molecule has 0 amide bonds. The summed E-state index contributed by atoms with van der Waals surface area (Å²) < 4.78 is 10.6. The number of aryl methyl sites for hydroxylation is 2. The molecule has 4 nitrogen and oxygen atoms in total. The van der Waals surface area contributed by atoms with Crippen molar-refractivity contribution in [2.45, 2.75) is 53.4 Å². The zero-order valence-corrected chi connectivity index (χ0v) is 17.2. The lowest BCUT2D eigenvalue weighted by molar-refractivity contribution is 0.489. The minimum atomic E-state index is 0.0339. The number of rotatable bonds is 6. The first-order valence-electron chi connectivity index (χ1n) is 8.71. The predicted molar refractivity (Wildman–Crippen MR) is 108 cm³/mol. The summed E-state index contributed by atoms with van der Waals surface area (Å²) in [4.78, 5) is 6.71. The molecule has 0 saturated carbocycles. The Morgan fingerprint density at radius 3 is 2.52 bits per heavy atom. The van der Waals surface area contributed by atoms with E-state index < -0.39 is 0 Å². The number of nitrogens with zero attached hydrogens (tertiary/aromatic N) is 3. The first-order valence-corrected chi connectivity index (χ1v) is 9.48. The molecule has 0 bridgehead atoms.